The van der Waals surface area contributed by atoms with Gasteiger partial charge in [-0.25, -0.2) is 14.4 Å². The normalized spacial score (nSPS) is 21.9. The molecule has 18 N–H and O–H groups in total. The van der Waals surface area contributed by atoms with E-state index in [4.69, 9.17) is 28.4 Å². The fraction of sp³-hybridized carbons (Fsp3) is 0.204. The van der Waals surface area contributed by atoms with Gasteiger partial charge in [-0.15, -0.1) is 0 Å². The second kappa shape index (κ2) is 17.6. The van der Waals surface area contributed by atoms with Crippen molar-refractivity contribution in [2.45, 2.75) is 49.0 Å². The number of rotatable bonds is 3. The number of hydrogen-bond donors (Lipinski definition) is 18. The van der Waals surface area contributed by atoms with E-state index in [1.165, 1.54) is 6.07 Å². The van der Waals surface area contributed by atoms with Gasteiger partial charge in [0.15, 0.2) is 76.5 Å². The van der Waals surface area contributed by atoms with Crippen LogP contribution in [-0.4, -0.2) is 154 Å². The number of carbonyl (C=O) groups is 3. The summed E-state index contributed by atoms with van der Waals surface area (Å²) in [5.74, 6) is -28.5. The number of aliphatic hydroxyl groups is 2. The number of esters is 3. The van der Waals surface area contributed by atoms with Gasteiger partial charge in [0.05, 0.1) is 39.8 Å². The molecule has 4 aliphatic heterocycles. The Morgan fingerprint density at radius 3 is 1.51 bits per heavy atom. The van der Waals surface area contributed by atoms with Gasteiger partial charge in [-0.1, -0.05) is 6.07 Å². The van der Waals surface area contributed by atoms with Crippen LogP contribution in [0.15, 0.2) is 42.5 Å². The molecular weight excluding hydrogens is 1020 g/mol. The highest BCUT2D eigenvalue weighted by Gasteiger charge is 2.53. The lowest BCUT2D eigenvalue weighted by molar-refractivity contribution is -0.154. The third kappa shape index (κ3) is 7.35. The summed E-state index contributed by atoms with van der Waals surface area (Å²) in [6.45, 7) is -2.55. The summed E-state index contributed by atoms with van der Waals surface area (Å²) in [4.78, 5) is 43.5. The maximum absolute atomic E-state index is 14.8. The third-order valence-electron chi connectivity index (χ3n) is 13.4. The van der Waals surface area contributed by atoms with Crippen LogP contribution in [0.5, 0.6) is 103 Å². The lowest BCUT2D eigenvalue weighted by Crippen LogP contribution is -2.53. The van der Waals surface area contributed by atoms with Crippen LogP contribution >= 0.6 is 0 Å². The Morgan fingerprint density at radius 1 is 0.421 bits per heavy atom. The number of phenols is 16. The van der Waals surface area contributed by atoms with Crippen molar-refractivity contribution in [3.63, 3.8) is 0 Å². The molecule has 27 nitrogen and oxygen atoms in total. The summed E-state index contributed by atoms with van der Waals surface area (Å²) in [5.41, 5.74) is -9.26. The molecule has 6 aromatic carbocycles. The second-order valence-electron chi connectivity index (χ2n) is 17.7. The zero-order valence-corrected chi connectivity index (χ0v) is 37.9. The van der Waals surface area contributed by atoms with Gasteiger partial charge in [-0.3, -0.25) is 0 Å². The van der Waals surface area contributed by atoms with E-state index in [-0.39, 0.29) is 16.9 Å². The van der Waals surface area contributed by atoms with E-state index in [1.54, 1.807) is 0 Å². The average molecular weight is 1060 g/mol. The number of fused-ring (bicyclic) bond motifs is 7. The Bertz CT molecular complexity index is 3530. The van der Waals surface area contributed by atoms with E-state index in [1.807, 2.05) is 0 Å². The number of aromatic hydroxyl groups is 16. The topological polar surface area (TPSA) is 471 Å². The number of hydrogen-bond acceptors (Lipinski definition) is 27. The fourth-order valence-corrected chi connectivity index (χ4v) is 9.81. The minimum Gasteiger partial charge on any atom is -0.507 e. The van der Waals surface area contributed by atoms with E-state index in [2.05, 4.69) is 0 Å². The number of aliphatic hydroxyl groups excluding tert-OH is 2. The number of benzene rings is 6. The number of phenolic OH excluding ortho intramolecular Hbond substituents is 16. The second-order valence-corrected chi connectivity index (χ2v) is 17.7. The van der Waals surface area contributed by atoms with Gasteiger partial charge in [0.25, 0.3) is 0 Å². The molecule has 0 fully saturated rings. The van der Waals surface area contributed by atoms with E-state index < -0.39 is 228 Å². The van der Waals surface area contributed by atoms with E-state index >= 15 is 0 Å². The van der Waals surface area contributed by atoms with Crippen LogP contribution in [0.3, 0.4) is 0 Å². The highest BCUT2D eigenvalue weighted by Crippen LogP contribution is 2.63. The Kier molecular flexibility index (Phi) is 11.5. The first-order chi connectivity index (χ1) is 35.9. The fourth-order valence-electron chi connectivity index (χ4n) is 9.81. The maximum Gasteiger partial charge on any atom is 0.339 e. The van der Waals surface area contributed by atoms with Crippen LogP contribution in [0.1, 0.15) is 65.3 Å². The molecule has 76 heavy (non-hydrogen) atoms. The SMILES string of the molecule is O=C1OCC(O)[C@H]([C@@H]2OC(=O)c3cc(O)c(O)c(O)c3-c3c(O)c(O)c(O)c4c3OCOC2[C@H]4c2c(O)cc3c(c2O)CC(O)C(c2ccc(O)c(O)c2)O3)OC(=O)c2cc(O)c(O)c(O)c2-c2c1cc(O)c(O)c2O. The van der Waals surface area contributed by atoms with Gasteiger partial charge in [0, 0.05) is 40.3 Å². The van der Waals surface area contributed by atoms with Gasteiger partial charge in [0.2, 0.25) is 23.0 Å². The lowest BCUT2D eigenvalue weighted by Gasteiger charge is -2.39. The van der Waals surface area contributed by atoms with Crippen LogP contribution in [-0.2, 0) is 25.4 Å². The van der Waals surface area contributed by atoms with Crippen LogP contribution in [0.25, 0.3) is 22.3 Å². The molecule has 0 radical (unpaired) electrons. The van der Waals surface area contributed by atoms with Crippen LogP contribution in [0.4, 0.5) is 0 Å². The quantitative estimate of drug-likeness (QED) is 0.0687. The van der Waals surface area contributed by atoms with E-state index in [9.17, 15) is 106 Å². The molecule has 0 aromatic heterocycles. The summed E-state index contributed by atoms with van der Waals surface area (Å²) < 4.78 is 35.0. The van der Waals surface area contributed by atoms with Crippen LogP contribution < -0.4 is 9.47 Å². The predicted octanol–water partition coefficient (Wildman–Crippen LogP) is 2.51. The van der Waals surface area contributed by atoms with Gasteiger partial charge >= 0.3 is 17.9 Å². The molecule has 396 valence electrons. The first-order valence-corrected chi connectivity index (χ1v) is 22.0. The average Bonchev–Trinajstić information content (AvgIpc) is 3.70. The molecule has 4 heterocycles. The molecule has 0 saturated carbocycles. The Hall–Kier alpha value is -9.99. The molecule has 4 unspecified atom stereocenters. The van der Waals surface area contributed by atoms with E-state index in [0.717, 1.165) is 18.2 Å². The molecule has 0 spiro atoms. The molecule has 0 aliphatic carbocycles. The molecule has 0 saturated heterocycles. The summed E-state index contributed by atoms with van der Waals surface area (Å²) in [6.07, 6.45) is -13.7. The number of cyclic esters (lactones) is 3. The Balaban J connectivity index is 1.24. The van der Waals surface area contributed by atoms with E-state index in [0.29, 0.717) is 18.2 Å². The van der Waals surface area contributed by atoms with Gasteiger partial charge in [-0.2, -0.15) is 0 Å². The van der Waals surface area contributed by atoms with Crippen LogP contribution in [0, 0.1) is 0 Å². The van der Waals surface area contributed by atoms with Crippen molar-refractivity contribution in [2.24, 2.45) is 0 Å². The van der Waals surface area contributed by atoms with Crippen molar-refractivity contribution in [3.8, 4) is 126 Å². The van der Waals surface area contributed by atoms with Crippen molar-refractivity contribution in [2.75, 3.05) is 13.4 Å². The van der Waals surface area contributed by atoms with Gasteiger partial charge in [-0.05, 0) is 35.9 Å². The summed E-state index contributed by atoms with van der Waals surface area (Å²) >= 11 is 0. The zero-order valence-electron chi connectivity index (χ0n) is 37.9. The molecule has 7 atom stereocenters. The lowest BCUT2D eigenvalue weighted by atomic mass is 9.77. The summed E-state index contributed by atoms with van der Waals surface area (Å²) in [6, 6.07) is 5.65. The number of carbonyl (C=O) groups excluding carboxylic acids is 3. The van der Waals surface area contributed by atoms with Crippen LogP contribution in [0.2, 0.25) is 0 Å². The molecule has 4 bridgehead atoms. The molecule has 6 aromatic rings. The Labute approximate surface area is 421 Å². The van der Waals surface area contributed by atoms with Crippen molar-refractivity contribution in [1.82, 2.24) is 0 Å². The zero-order chi connectivity index (χ0) is 54.8. The smallest absolute Gasteiger partial charge is 0.339 e. The van der Waals surface area contributed by atoms with Crippen molar-refractivity contribution in [3.05, 3.63) is 81.4 Å². The summed E-state index contributed by atoms with van der Waals surface area (Å²) in [7, 11) is 0. The molecule has 0 amide bonds. The summed E-state index contributed by atoms with van der Waals surface area (Å²) in [5, 5.41) is 201. The first kappa shape index (κ1) is 49.6. The predicted molar refractivity (Wildman–Crippen MR) is 243 cm³/mol. The monoisotopic (exact) mass is 1060 g/mol. The number of ether oxygens (including phenoxy) is 6. The molecule has 27 heteroatoms. The van der Waals surface area contributed by atoms with Gasteiger partial charge in [0.1, 0.15) is 47.9 Å². The van der Waals surface area contributed by atoms with Gasteiger partial charge < -0.3 is 120 Å². The molecule has 10 rings (SSSR count). The third-order valence-corrected chi connectivity index (χ3v) is 13.4. The van der Waals surface area contributed by atoms with Crippen molar-refractivity contribution >= 4 is 17.9 Å². The Morgan fingerprint density at radius 2 is 0.947 bits per heavy atom. The minimum absolute atomic E-state index is 0.0940. The van der Waals surface area contributed by atoms with Crippen molar-refractivity contribution in [1.29, 1.82) is 0 Å². The molecular formula is C49H38O27. The highest BCUT2D eigenvalue weighted by atomic mass is 16.7. The highest BCUT2D eigenvalue weighted by molar-refractivity contribution is 6.09. The maximum atomic E-state index is 14.8. The standard InChI is InChI=1S/C49H38O27/c50-16-2-1-11(3-17(16)51)42-22(56)4-12-24(74-42)8-18(52)28(32(12)58)29-31-40(66)41(67)39(65)30-27-15(7-21(55)35(61)38(27)64)49(70)76-46(45(29)73-10-72-44(30)31)43-23(57)9-71-47(68)13-5-19(53)33(59)36(62)25(13)26-14(48(69)75-43)6-20(54)34(60)37(26)63/h1-3,5-8,22-23,29,42-43,45-46,50-67H,4,9-10H2/t22?,23?,29-,42?,43+,45?,46-/m0/s1. The minimum atomic E-state index is -2.65. The molecule has 4 aliphatic rings. The first-order valence-electron chi connectivity index (χ1n) is 22.0. The van der Waals surface area contributed by atoms with Crippen molar-refractivity contribution < 1.29 is 135 Å². The largest absolute Gasteiger partial charge is 0.507 e.